The molecule has 1 saturated heterocycles. The topological polar surface area (TPSA) is 86.1 Å². The highest BCUT2D eigenvalue weighted by Gasteiger charge is 2.36. The molecular formula is C11H9ClN4O2. The van der Waals surface area contributed by atoms with Gasteiger partial charge in [-0.3, -0.25) is 14.5 Å². The number of nitrogens with one attached hydrogen (secondary N) is 1. The van der Waals surface area contributed by atoms with Gasteiger partial charge in [-0.15, -0.1) is 0 Å². The van der Waals surface area contributed by atoms with Gasteiger partial charge in [-0.05, 0) is 12.1 Å². The van der Waals surface area contributed by atoms with E-state index in [1.165, 1.54) is 19.2 Å². The van der Waals surface area contributed by atoms with Crippen LogP contribution in [0, 0.1) is 11.3 Å². The highest BCUT2D eigenvalue weighted by molar-refractivity contribution is 6.29. The maximum atomic E-state index is 11.7. The van der Waals surface area contributed by atoms with Gasteiger partial charge in [-0.1, -0.05) is 11.6 Å². The number of hydrogen-bond acceptors (Lipinski definition) is 5. The average Bonchev–Trinajstić information content (AvgIpc) is 2.56. The van der Waals surface area contributed by atoms with Gasteiger partial charge in [0.05, 0.1) is 18.1 Å². The minimum absolute atomic E-state index is 0.0748. The van der Waals surface area contributed by atoms with E-state index in [-0.39, 0.29) is 23.4 Å². The van der Waals surface area contributed by atoms with Crippen LogP contribution >= 0.6 is 11.6 Å². The van der Waals surface area contributed by atoms with Crippen molar-refractivity contribution in [3.8, 4) is 6.07 Å². The monoisotopic (exact) mass is 264 g/mol. The molecule has 0 spiro atoms. The Labute approximate surface area is 108 Å². The minimum atomic E-state index is -0.653. The third-order valence-corrected chi connectivity index (χ3v) is 2.82. The first-order valence-electron chi connectivity index (χ1n) is 5.16. The largest absolute Gasteiger partial charge is 0.358 e. The molecule has 0 radical (unpaired) electrons. The number of hydrogen-bond donors (Lipinski definition) is 1. The molecule has 0 aliphatic carbocycles. The Morgan fingerprint density at radius 1 is 1.56 bits per heavy atom. The third kappa shape index (κ3) is 2.26. The average molecular weight is 265 g/mol. The van der Waals surface area contributed by atoms with E-state index in [1.807, 2.05) is 6.07 Å². The molecule has 0 bridgehead atoms. The summed E-state index contributed by atoms with van der Waals surface area (Å²) in [7, 11) is 1.43. The van der Waals surface area contributed by atoms with E-state index in [9.17, 15) is 9.59 Å². The molecule has 1 aliphatic heterocycles. The molecule has 1 aromatic rings. The van der Waals surface area contributed by atoms with E-state index in [0.29, 0.717) is 11.4 Å². The number of aromatic nitrogens is 1. The lowest BCUT2D eigenvalue weighted by molar-refractivity contribution is -0.136. The van der Waals surface area contributed by atoms with Crippen molar-refractivity contribution in [3.05, 3.63) is 22.8 Å². The highest BCUT2D eigenvalue weighted by Crippen LogP contribution is 2.18. The summed E-state index contributed by atoms with van der Waals surface area (Å²) in [5.74, 6) is -0.263. The molecule has 92 valence electrons. The number of rotatable bonds is 2. The van der Waals surface area contributed by atoms with Crippen molar-refractivity contribution in [2.24, 2.45) is 0 Å². The molecule has 2 rings (SSSR count). The number of nitrogens with zero attached hydrogens (tertiary/aromatic N) is 3. The number of carbonyl (C=O) groups is 2. The molecule has 2 amide bonds. The molecule has 2 heterocycles. The summed E-state index contributed by atoms with van der Waals surface area (Å²) in [6.07, 6.45) is 0.0748. The second kappa shape index (κ2) is 4.63. The van der Waals surface area contributed by atoms with Crippen LogP contribution in [0.25, 0.3) is 0 Å². The van der Waals surface area contributed by atoms with E-state index in [0.717, 1.165) is 4.90 Å². The van der Waals surface area contributed by atoms with Crippen molar-refractivity contribution in [1.29, 1.82) is 5.26 Å². The molecular weight excluding hydrogens is 256 g/mol. The van der Waals surface area contributed by atoms with Gasteiger partial charge >= 0.3 is 0 Å². The van der Waals surface area contributed by atoms with Gasteiger partial charge in [-0.25, -0.2) is 4.98 Å². The summed E-state index contributed by atoms with van der Waals surface area (Å²) in [6, 6.07) is 4.17. The van der Waals surface area contributed by atoms with Crippen molar-refractivity contribution in [1.82, 2.24) is 9.88 Å². The standard InChI is InChI=1S/C11H9ClN4O2/c1-16-10(17)4-7(11(16)18)14-9-3-6(5-13)2-8(12)15-9/h2-3,7H,4H2,1H3,(H,14,15). The first kappa shape index (κ1) is 12.3. The zero-order valence-corrected chi connectivity index (χ0v) is 10.2. The van der Waals surface area contributed by atoms with Crippen molar-refractivity contribution in [3.63, 3.8) is 0 Å². The molecule has 1 atom stereocenters. The van der Waals surface area contributed by atoms with Gasteiger partial charge in [0.1, 0.15) is 17.0 Å². The quantitative estimate of drug-likeness (QED) is 0.630. The van der Waals surface area contributed by atoms with Gasteiger partial charge in [0.15, 0.2) is 0 Å². The Morgan fingerprint density at radius 3 is 2.83 bits per heavy atom. The van der Waals surface area contributed by atoms with Crippen LogP contribution in [0.5, 0.6) is 0 Å². The molecule has 7 heteroatoms. The van der Waals surface area contributed by atoms with Crippen molar-refractivity contribution < 1.29 is 9.59 Å². The van der Waals surface area contributed by atoms with Gasteiger partial charge < -0.3 is 5.32 Å². The smallest absolute Gasteiger partial charge is 0.251 e. The van der Waals surface area contributed by atoms with Crippen LogP contribution < -0.4 is 5.32 Å². The highest BCUT2D eigenvalue weighted by atomic mass is 35.5. The summed E-state index contributed by atoms with van der Waals surface area (Å²) in [6.45, 7) is 0. The van der Waals surface area contributed by atoms with Crippen LogP contribution in [0.2, 0.25) is 5.15 Å². The van der Waals surface area contributed by atoms with Crippen molar-refractivity contribution >= 4 is 29.2 Å². The van der Waals surface area contributed by atoms with Gasteiger partial charge in [0.25, 0.3) is 5.91 Å². The number of likely N-dealkylation sites (tertiary alicyclic amines) is 1. The summed E-state index contributed by atoms with van der Waals surface area (Å²) in [5, 5.41) is 11.8. The van der Waals surface area contributed by atoms with Gasteiger partial charge in [0, 0.05) is 7.05 Å². The molecule has 0 aromatic carbocycles. The normalized spacial score (nSPS) is 18.9. The lowest BCUT2D eigenvalue weighted by Crippen LogP contribution is -2.32. The number of halogens is 1. The van der Waals surface area contributed by atoms with E-state index in [1.54, 1.807) is 0 Å². The molecule has 1 fully saturated rings. The third-order valence-electron chi connectivity index (χ3n) is 2.63. The van der Waals surface area contributed by atoms with Crippen LogP contribution in [0.1, 0.15) is 12.0 Å². The molecule has 18 heavy (non-hydrogen) atoms. The second-order valence-corrected chi connectivity index (χ2v) is 4.25. The number of nitriles is 1. The fraction of sp³-hybridized carbons (Fsp3) is 0.273. The van der Waals surface area contributed by atoms with E-state index in [4.69, 9.17) is 16.9 Å². The molecule has 1 unspecified atom stereocenters. The zero-order chi connectivity index (χ0) is 13.3. The lowest BCUT2D eigenvalue weighted by atomic mass is 10.2. The summed E-state index contributed by atoms with van der Waals surface area (Å²) < 4.78 is 0. The predicted molar refractivity (Wildman–Crippen MR) is 63.8 cm³/mol. The second-order valence-electron chi connectivity index (χ2n) is 3.87. The van der Waals surface area contributed by atoms with E-state index < -0.39 is 6.04 Å². The van der Waals surface area contributed by atoms with Crippen LogP contribution in [0.4, 0.5) is 5.82 Å². The molecule has 0 saturated carbocycles. The van der Waals surface area contributed by atoms with Crippen molar-refractivity contribution in [2.45, 2.75) is 12.5 Å². The molecule has 1 aliphatic rings. The van der Waals surface area contributed by atoms with Crippen LogP contribution in [0.15, 0.2) is 12.1 Å². The first-order chi connectivity index (χ1) is 8.51. The number of carbonyl (C=O) groups excluding carboxylic acids is 2. The van der Waals surface area contributed by atoms with Gasteiger partial charge in [0.2, 0.25) is 5.91 Å². The first-order valence-corrected chi connectivity index (χ1v) is 5.53. The van der Waals surface area contributed by atoms with Crippen molar-refractivity contribution in [2.75, 3.05) is 12.4 Å². The fourth-order valence-corrected chi connectivity index (χ4v) is 1.89. The minimum Gasteiger partial charge on any atom is -0.358 e. The maximum absolute atomic E-state index is 11.7. The molecule has 1 N–H and O–H groups in total. The number of likely N-dealkylation sites (N-methyl/N-ethyl adjacent to an activating group) is 1. The Kier molecular flexibility index (Phi) is 3.17. The molecule has 1 aromatic heterocycles. The van der Waals surface area contributed by atoms with E-state index >= 15 is 0 Å². The zero-order valence-electron chi connectivity index (χ0n) is 9.48. The van der Waals surface area contributed by atoms with Crippen LogP contribution in [-0.2, 0) is 9.59 Å². The number of anilines is 1. The number of amides is 2. The Balaban J connectivity index is 2.20. The fourth-order valence-electron chi connectivity index (χ4n) is 1.68. The summed E-state index contributed by atoms with van der Waals surface area (Å²) in [4.78, 5) is 28.0. The number of pyridine rings is 1. The summed E-state index contributed by atoms with van der Waals surface area (Å²) in [5.41, 5.74) is 0.336. The Hall–Kier alpha value is -2.13. The van der Waals surface area contributed by atoms with Crippen LogP contribution in [0.3, 0.4) is 0 Å². The predicted octanol–water partition coefficient (Wildman–Crippen LogP) is 0.776. The van der Waals surface area contributed by atoms with Gasteiger partial charge in [-0.2, -0.15) is 5.26 Å². The van der Waals surface area contributed by atoms with Crippen LogP contribution in [-0.4, -0.2) is 34.8 Å². The molecule has 6 nitrogen and oxygen atoms in total. The maximum Gasteiger partial charge on any atom is 0.251 e. The Morgan fingerprint density at radius 2 is 2.28 bits per heavy atom. The lowest BCUT2D eigenvalue weighted by Gasteiger charge is -2.11. The van der Waals surface area contributed by atoms with E-state index in [2.05, 4.69) is 10.3 Å². The summed E-state index contributed by atoms with van der Waals surface area (Å²) >= 11 is 5.74. The Bertz CT molecular complexity index is 567. The SMILES string of the molecule is CN1C(=O)CC(Nc2cc(C#N)cc(Cl)n2)C1=O. The number of imide groups is 1.